The van der Waals surface area contributed by atoms with Gasteiger partial charge in [0.05, 0.1) is 15.9 Å². The van der Waals surface area contributed by atoms with Crippen LogP contribution in [-0.4, -0.2) is 29.7 Å². The first kappa shape index (κ1) is 23.6. The second-order valence-corrected chi connectivity index (χ2v) is 10.8. The number of anilines is 1. The van der Waals surface area contributed by atoms with Crippen LogP contribution in [0.5, 0.6) is 11.5 Å². The Labute approximate surface area is 204 Å². The largest absolute Gasteiger partial charge is 0.448 e. The molecule has 1 aromatic heterocycles. The van der Waals surface area contributed by atoms with Crippen molar-refractivity contribution in [2.45, 2.75) is 75.5 Å². The molecule has 3 N–H and O–H groups in total. The van der Waals surface area contributed by atoms with Crippen molar-refractivity contribution in [3.63, 3.8) is 0 Å². The fourth-order valence-electron chi connectivity index (χ4n) is 4.92. The number of hydrogen-bond donors (Lipinski definition) is 2. The Kier molecular flexibility index (Phi) is 6.18. The number of benzene rings is 2. The van der Waals surface area contributed by atoms with E-state index < -0.39 is 15.8 Å². The number of nitrogens with zero attached hydrogens (tertiary/aromatic N) is 2. The Morgan fingerprint density at radius 2 is 1.89 bits per heavy atom. The summed E-state index contributed by atoms with van der Waals surface area (Å²) < 4.78 is 37.7. The number of fused-ring (bicyclic) bond motifs is 2. The van der Waals surface area contributed by atoms with E-state index in [1.807, 2.05) is 22.8 Å². The Morgan fingerprint density at radius 1 is 1.11 bits per heavy atom. The summed E-state index contributed by atoms with van der Waals surface area (Å²) in [6.07, 6.45) is 6.65. The van der Waals surface area contributed by atoms with Gasteiger partial charge in [0.2, 0.25) is 15.9 Å². The number of aryl methyl sites for hydroxylation is 2. The van der Waals surface area contributed by atoms with Gasteiger partial charge in [0.1, 0.15) is 5.82 Å². The van der Waals surface area contributed by atoms with Crippen LogP contribution in [0.25, 0.3) is 11.0 Å². The molecule has 0 radical (unpaired) electrons. The fourth-order valence-corrected chi connectivity index (χ4v) is 5.45. The van der Waals surface area contributed by atoms with Crippen molar-refractivity contribution < 1.29 is 22.7 Å². The average molecular weight is 499 g/mol. The zero-order chi connectivity index (χ0) is 24.6. The lowest BCUT2D eigenvalue weighted by Gasteiger charge is -2.31. The molecule has 5 rings (SSSR count). The van der Waals surface area contributed by atoms with Crippen molar-refractivity contribution >= 4 is 32.7 Å². The van der Waals surface area contributed by atoms with Crippen molar-refractivity contribution in [2.75, 3.05) is 5.32 Å². The number of nitrogens with two attached hydrogens (primary N) is 1. The number of amides is 1. The maximum Gasteiger partial charge on any atom is 0.251 e. The van der Waals surface area contributed by atoms with Gasteiger partial charge in [0.15, 0.2) is 11.5 Å². The molecule has 0 bridgehead atoms. The number of hydrogen-bond acceptors (Lipinski definition) is 6. The summed E-state index contributed by atoms with van der Waals surface area (Å²) in [5.74, 6) is 1.42. The molecule has 1 aliphatic carbocycles. The molecule has 1 fully saturated rings. The molecule has 2 aromatic carbocycles. The van der Waals surface area contributed by atoms with Gasteiger partial charge in [-0.25, -0.2) is 18.5 Å². The molecule has 3 aromatic rings. The van der Waals surface area contributed by atoms with Gasteiger partial charge < -0.3 is 19.4 Å². The maximum absolute atomic E-state index is 12.7. The zero-order valence-electron chi connectivity index (χ0n) is 19.7. The third kappa shape index (κ3) is 4.85. The van der Waals surface area contributed by atoms with E-state index in [-0.39, 0.29) is 17.2 Å². The van der Waals surface area contributed by atoms with Crippen molar-refractivity contribution in [3.8, 4) is 11.5 Å². The SMILES string of the molecule is CCCn1c(CCC(=O)Nc2ccc3c(c2)OC2(CCCCC2)O3)nc2cc(S(N)(=O)=O)ccc21. The highest BCUT2D eigenvalue weighted by atomic mass is 32.2. The molecular weight excluding hydrogens is 468 g/mol. The van der Waals surface area contributed by atoms with Crippen LogP contribution in [0.15, 0.2) is 41.3 Å². The molecule has 0 unspecified atom stereocenters. The molecule has 1 saturated carbocycles. The first-order valence-electron chi connectivity index (χ1n) is 12.1. The summed E-state index contributed by atoms with van der Waals surface area (Å²) in [7, 11) is -3.82. The number of rotatable bonds is 7. The standard InChI is InChI=1S/C25H30N4O5S/c1-2-14-29-20-8-7-18(35(26,31)32)16-19(20)28-23(29)10-11-24(30)27-17-6-9-21-22(15-17)34-25(33-21)12-4-3-5-13-25/h6-9,15-16H,2-5,10-14H2,1H3,(H,27,30)(H2,26,31,32). The average Bonchev–Trinajstić information content (AvgIpc) is 3.34. The van der Waals surface area contributed by atoms with E-state index in [9.17, 15) is 13.2 Å². The molecule has 186 valence electrons. The highest BCUT2D eigenvalue weighted by Crippen LogP contribution is 2.46. The van der Waals surface area contributed by atoms with E-state index >= 15 is 0 Å². The lowest BCUT2D eigenvalue weighted by Crippen LogP contribution is -2.40. The summed E-state index contributed by atoms with van der Waals surface area (Å²) in [5.41, 5.74) is 2.03. The highest BCUT2D eigenvalue weighted by Gasteiger charge is 2.42. The van der Waals surface area contributed by atoms with E-state index in [4.69, 9.17) is 14.6 Å². The molecule has 0 saturated heterocycles. The summed E-state index contributed by atoms with van der Waals surface area (Å²) in [6, 6.07) is 10.2. The zero-order valence-corrected chi connectivity index (χ0v) is 20.6. The first-order valence-corrected chi connectivity index (χ1v) is 13.6. The van der Waals surface area contributed by atoms with Gasteiger partial charge in [-0.15, -0.1) is 0 Å². The number of imidazole rings is 1. The van der Waals surface area contributed by atoms with E-state index in [0.717, 1.165) is 49.2 Å². The minimum absolute atomic E-state index is 0.0215. The smallest absolute Gasteiger partial charge is 0.251 e. The van der Waals surface area contributed by atoms with Gasteiger partial charge in [0, 0.05) is 44.0 Å². The fraction of sp³-hybridized carbons (Fsp3) is 0.440. The second-order valence-electron chi connectivity index (χ2n) is 9.26. The third-order valence-electron chi connectivity index (χ3n) is 6.58. The van der Waals surface area contributed by atoms with Crippen LogP contribution in [0.4, 0.5) is 5.69 Å². The molecule has 0 atom stereocenters. The van der Waals surface area contributed by atoms with E-state index in [2.05, 4.69) is 17.2 Å². The van der Waals surface area contributed by atoms with Crippen LogP contribution in [0, 0.1) is 0 Å². The summed E-state index contributed by atoms with van der Waals surface area (Å²) in [5, 5.41) is 8.21. The van der Waals surface area contributed by atoms with E-state index in [1.165, 1.54) is 18.6 Å². The normalized spacial score (nSPS) is 16.6. The Bertz CT molecular complexity index is 1380. The summed E-state index contributed by atoms with van der Waals surface area (Å²) >= 11 is 0. The summed E-state index contributed by atoms with van der Waals surface area (Å²) in [6.45, 7) is 2.77. The molecule has 9 nitrogen and oxygen atoms in total. The maximum atomic E-state index is 12.7. The molecule has 1 amide bonds. The number of carbonyl (C=O) groups excluding carboxylic acids is 1. The number of ether oxygens (including phenoxy) is 2. The predicted molar refractivity (Wildman–Crippen MR) is 132 cm³/mol. The molecule has 2 heterocycles. The van der Waals surface area contributed by atoms with Crippen LogP contribution in [0.3, 0.4) is 0 Å². The predicted octanol–water partition coefficient (Wildman–Crippen LogP) is 4.10. The quantitative estimate of drug-likeness (QED) is 0.505. The van der Waals surface area contributed by atoms with Crippen molar-refractivity contribution in [3.05, 3.63) is 42.2 Å². The van der Waals surface area contributed by atoms with Gasteiger partial charge in [-0.05, 0) is 49.6 Å². The molecule has 35 heavy (non-hydrogen) atoms. The Balaban J connectivity index is 1.27. The van der Waals surface area contributed by atoms with Gasteiger partial charge in [-0.3, -0.25) is 4.79 Å². The number of nitrogens with one attached hydrogen (secondary N) is 1. The van der Waals surface area contributed by atoms with Crippen LogP contribution >= 0.6 is 0 Å². The van der Waals surface area contributed by atoms with Crippen LogP contribution < -0.4 is 19.9 Å². The Morgan fingerprint density at radius 3 is 2.63 bits per heavy atom. The lowest BCUT2D eigenvalue weighted by molar-refractivity contribution is -0.116. The van der Waals surface area contributed by atoms with Gasteiger partial charge >= 0.3 is 0 Å². The molecule has 10 heteroatoms. The van der Waals surface area contributed by atoms with Crippen molar-refractivity contribution in [1.82, 2.24) is 9.55 Å². The monoisotopic (exact) mass is 498 g/mol. The lowest BCUT2D eigenvalue weighted by atomic mass is 9.94. The topological polar surface area (TPSA) is 126 Å². The minimum atomic E-state index is -3.82. The Hall–Kier alpha value is -3.11. The second kappa shape index (κ2) is 9.16. The molecule has 1 aliphatic heterocycles. The number of sulfonamides is 1. The molecule has 2 aliphatic rings. The highest BCUT2D eigenvalue weighted by molar-refractivity contribution is 7.89. The van der Waals surface area contributed by atoms with Crippen molar-refractivity contribution in [2.24, 2.45) is 5.14 Å². The van der Waals surface area contributed by atoms with Crippen LogP contribution in [0.1, 0.15) is 57.7 Å². The van der Waals surface area contributed by atoms with Gasteiger partial charge in [-0.2, -0.15) is 0 Å². The van der Waals surface area contributed by atoms with Crippen LogP contribution in [-0.2, 0) is 27.8 Å². The summed E-state index contributed by atoms with van der Waals surface area (Å²) in [4.78, 5) is 17.4. The third-order valence-corrected chi connectivity index (χ3v) is 7.50. The first-order chi connectivity index (χ1) is 16.8. The van der Waals surface area contributed by atoms with E-state index in [0.29, 0.717) is 29.9 Å². The van der Waals surface area contributed by atoms with Gasteiger partial charge in [0.25, 0.3) is 5.79 Å². The minimum Gasteiger partial charge on any atom is -0.448 e. The number of carbonyl (C=O) groups is 1. The van der Waals surface area contributed by atoms with Gasteiger partial charge in [-0.1, -0.05) is 13.3 Å². The molecule has 1 spiro atoms. The number of primary sulfonamides is 1. The molecular formula is C25H30N4O5S. The number of aromatic nitrogens is 2. The van der Waals surface area contributed by atoms with E-state index in [1.54, 1.807) is 6.07 Å². The van der Waals surface area contributed by atoms with Crippen LogP contribution in [0.2, 0.25) is 0 Å². The van der Waals surface area contributed by atoms with Crippen molar-refractivity contribution in [1.29, 1.82) is 0 Å².